The summed E-state index contributed by atoms with van der Waals surface area (Å²) in [6.07, 6.45) is 2.36. The van der Waals surface area contributed by atoms with Crippen LogP contribution in [0.5, 0.6) is 0 Å². The van der Waals surface area contributed by atoms with Crippen LogP contribution in [0.25, 0.3) is 0 Å². The molecule has 1 fully saturated rings. The van der Waals surface area contributed by atoms with Gasteiger partial charge in [-0.25, -0.2) is 9.59 Å². The van der Waals surface area contributed by atoms with E-state index in [1.165, 1.54) is 0 Å². The van der Waals surface area contributed by atoms with Crippen molar-refractivity contribution >= 4 is 18.0 Å². The molecule has 20 heavy (non-hydrogen) atoms. The lowest BCUT2D eigenvalue weighted by Crippen LogP contribution is -2.46. The first kappa shape index (κ1) is 16.2. The minimum Gasteiger partial charge on any atom is -0.481 e. The Morgan fingerprint density at radius 2 is 2.05 bits per heavy atom. The van der Waals surface area contributed by atoms with Gasteiger partial charge >= 0.3 is 18.0 Å². The van der Waals surface area contributed by atoms with Crippen molar-refractivity contribution in [1.29, 1.82) is 0 Å². The fourth-order valence-corrected chi connectivity index (χ4v) is 1.95. The molecule has 1 aliphatic heterocycles. The van der Waals surface area contributed by atoms with Crippen molar-refractivity contribution in [3.05, 3.63) is 0 Å². The average molecular weight is 288 g/mol. The van der Waals surface area contributed by atoms with E-state index in [0.717, 1.165) is 19.4 Å². The van der Waals surface area contributed by atoms with Crippen LogP contribution in [-0.2, 0) is 14.3 Å². The van der Waals surface area contributed by atoms with E-state index < -0.39 is 24.0 Å². The molecule has 0 saturated carbocycles. The molecule has 0 aliphatic carbocycles. The third kappa shape index (κ3) is 6.37. The molecule has 4 N–H and O–H groups in total. The first-order valence-electron chi connectivity index (χ1n) is 6.59. The van der Waals surface area contributed by atoms with Crippen LogP contribution in [0.4, 0.5) is 4.79 Å². The molecule has 2 unspecified atom stereocenters. The Morgan fingerprint density at radius 3 is 2.60 bits per heavy atom. The molecule has 1 saturated heterocycles. The van der Waals surface area contributed by atoms with E-state index in [-0.39, 0.29) is 18.9 Å². The Kier molecular flexibility index (Phi) is 6.78. The van der Waals surface area contributed by atoms with Gasteiger partial charge in [0.1, 0.15) is 6.04 Å². The molecule has 1 rings (SSSR count). The van der Waals surface area contributed by atoms with Crippen LogP contribution in [0.1, 0.15) is 32.1 Å². The lowest BCUT2D eigenvalue weighted by molar-refractivity contribution is -0.140. The number of hydrogen-bond donors (Lipinski definition) is 4. The normalized spacial score (nSPS) is 19.3. The van der Waals surface area contributed by atoms with Crippen molar-refractivity contribution in [3.8, 4) is 0 Å². The highest BCUT2D eigenvalue weighted by Crippen LogP contribution is 2.14. The Morgan fingerprint density at radius 1 is 1.30 bits per heavy atom. The van der Waals surface area contributed by atoms with Gasteiger partial charge in [0, 0.05) is 19.6 Å². The van der Waals surface area contributed by atoms with Crippen LogP contribution in [0.15, 0.2) is 0 Å². The number of nitrogens with one attached hydrogen (secondary N) is 2. The highest BCUT2D eigenvalue weighted by atomic mass is 16.5. The molecule has 0 aromatic rings. The van der Waals surface area contributed by atoms with Crippen LogP contribution in [0.3, 0.4) is 0 Å². The quantitative estimate of drug-likeness (QED) is 0.504. The molecule has 2 atom stereocenters. The Balaban J connectivity index is 2.22. The number of urea groups is 1. The summed E-state index contributed by atoms with van der Waals surface area (Å²) in [6.45, 7) is 1.13. The fourth-order valence-electron chi connectivity index (χ4n) is 1.95. The lowest BCUT2D eigenvalue weighted by Gasteiger charge is -2.15. The first-order valence-corrected chi connectivity index (χ1v) is 6.59. The van der Waals surface area contributed by atoms with Gasteiger partial charge in [-0.1, -0.05) is 0 Å². The molecule has 0 aromatic heterocycles. The third-order valence-electron chi connectivity index (χ3n) is 3.03. The Labute approximate surface area is 116 Å². The molecule has 0 bridgehead atoms. The summed E-state index contributed by atoms with van der Waals surface area (Å²) in [7, 11) is 0. The minimum absolute atomic E-state index is 0.149. The van der Waals surface area contributed by atoms with Crippen LogP contribution in [0.2, 0.25) is 0 Å². The number of hydrogen-bond acceptors (Lipinski definition) is 4. The van der Waals surface area contributed by atoms with Crippen molar-refractivity contribution in [2.24, 2.45) is 0 Å². The van der Waals surface area contributed by atoms with Gasteiger partial charge in [-0.2, -0.15) is 0 Å². The summed E-state index contributed by atoms with van der Waals surface area (Å²) >= 11 is 0. The summed E-state index contributed by atoms with van der Waals surface area (Å²) in [6, 6.07) is -1.81. The topological polar surface area (TPSA) is 125 Å². The van der Waals surface area contributed by atoms with Gasteiger partial charge in [0.05, 0.1) is 6.10 Å². The summed E-state index contributed by atoms with van der Waals surface area (Å²) in [5.74, 6) is -2.35. The second-order valence-electron chi connectivity index (χ2n) is 4.65. The molecular weight excluding hydrogens is 268 g/mol. The molecule has 1 aliphatic rings. The van der Waals surface area contributed by atoms with Crippen molar-refractivity contribution in [1.82, 2.24) is 10.6 Å². The molecule has 114 valence electrons. The first-order chi connectivity index (χ1) is 9.49. The summed E-state index contributed by atoms with van der Waals surface area (Å²) < 4.78 is 5.39. The maximum Gasteiger partial charge on any atom is 0.326 e. The van der Waals surface area contributed by atoms with E-state index in [0.29, 0.717) is 13.0 Å². The number of carbonyl (C=O) groups excluding carboxylic acids is 1. The average Bonchev–Trinajstić information content (AvgIpc) is 2.87. The van der Waals surface area contributed by atoms with Gasteiger partial charge in [0.2, 0.25) is 0 Å². The molecule has 8 heteroatoms. The zero-order valence-corrected chi connectivity index (χ0v) is 11.1. The van der Waals surface area contributed by atoms with Crippen molar-refractivity contribution in [2.75, 3.05) is 13.2 Å². The van der Waals surface area contributed by atoms with E-state index in [1.807, 2.05) is 0 Å². The van der Waals surface area contributed by atoms with E-state index in [4.69, 9.17) is 14.9 Å². The molecule has 0 aromatic carbocycles. The van der Waals surface area contributed by atoms with Crippen molar-refractivity contribution < 1.29 is 29.3 Å². The standard InChI is InChI=1S/C12H20N2O6/c15-10(16)4-3-9(11(17)18)14-12(19)13-6-5-8-2-1-7-20-8/h8-9H,1-7H2,(H,15,16)(H,17,18)(H2,13,14,19). The largest absolute Gasteiger partial charge is 0.481 e. The predicted octanol–water partition coefficient (Wildman–Crippen LogP) is 0.173. The monoisotopic (exact) mass is 288 g/mol. The minimum atomic E-state index is -1.25. The zero-order valence-electron chi connectivity index (χ0n) is 11.1. The van der Waals surface area contributed by atoms with Gasteiger partial charge in [0.15, 0.2) is 0 Å². The third-order valence-corrected chi connectivity index (χ3v) is 3.03. The smallest absolute Gasteiger partial charge is 0.326 e. The van der Waals surface area contributed by atoms with Crippen molar-refractivity contribution in [2.45, 2.75) is 44.2 Å². The molecule has 0 spiro atoms. The second kappa shape index (κ2) is 8.36. The van der Waals surface area contributed by atoms with Gasteiger partial charge in [0.25, 0.3) is 0 Å². The maximum absolute atomic E-state index is 11.5. The number of carbonyl (C=O) groups is 3. The summed E-state index contributed by atoms with van der Waals surface area (Å²) in [4.78, 5) is 32.8. The second-order valence-corrected chi connectivity index (χ2v) is 4.65. The maximum atomic E-state index is 11.5. The zero-order chi connectivity index (χ0) is 15.0. The number of rotatable bonds is 8. The Hall–Kier alpha value is -1.83. The van der Waals surface area contributed by atoms with Gasteiger partial charge in [-0.05, 0) is 25.7 Å². The summed E-state index contributed by atoms with van der Waals surface area (Å²) in [5, 5.41) is 22.2. The number of aliphatic carboxylic acids is 2. The summed E-state index contributed by atoms with van der Waals surface area (Å²) in [5.41, 5.74) is 0. The van der Waals surface area contributed by atoms with E-state index in [9.17, 15) is 14.4 Å². The van der Waals surface area contributed by atoms with Crippen LogP contribution in [0, 0.1) is 0 Å². The van der Waals surface area contributed by atoms with Crippen LogP contribution >= 0.6 is 0 Å². The SMILES string of the molecule is O=C(O)CCC(NC(=O)NCCC1CCCO1)C(=O)O. The molecular formula is C12H20N2O6. The molecule has 2 amide bonds. The molecule has 8 nitrogen and oxygen atoms in total. The number of carboxylic acids is 2. The van der Waals surface area contributed by atoms with Crippen molar-refractivity contribution in [3.63, 3.8) is 0 Å². The number of amides is 2. The van der Waals surface area contributed by atoms with Crippen LogP contribution < -0.4 is 10.6 Å². The highest BCUT2D eigenvalue weighted by molar-refractivity contribution is 5.82. The lowest BCUT2D eigenvalue weighted by atomic mass is 10.1. The molecule has 1 heterocycles. The molecule has 0 radical (unpaired) electrons. The van der Waals surface area contributed by atoms with E-state index in [1.54, 1.807) is 0 Å². The van der Waals surface area contributed by atoms with E-state index >= 15 is 0 Å². The van der Waals surface area contributed by atoms with Gasteiger partial charge < -0.3 is 25.6 Å². The van der Waals surface area contributed by atoms with Gasteiger partial charge in [-0.15, -0.1) is 0 Å². The number of ether oxygens (including phenoxy) is 1. The predicted molar refractivity (Wildman–Crippen MR) is 68.4 cm³/mol. The van der Waals surface area contributed by atoms with Gasteiger partial charge in [-0.3, -0.25) is 4.79 Å². The van der Waals surface area contributed by atoms with Crippen LogP contribution in [-0.4, -0.2) is 53.5 Å². The Bertz CT molecular complexity index is 354. The highest BCUT2D eigenvalue weighted by Gasteiger charge is 2.21. The van der Waals surface area contributed by atoms with E-state index in [2.05, 4.69) is 10.6 Å². The fraction of sp³-hybridized carbons (Fsp3) is 0.750. The number of carboxylic acid groups (broad SMARTS) is 2.